The van der Waals surface area contributed by atoms with Crippen LogP contribution in [0.4, 0.5) is 5.00 Å². The standard InChI is InChI=1S/C25H22N4O2S/c1-14-8-9-17-21(11-14)32-25(22(17)23(26)30)29-24(31)18-12-20(15-5-4-10-27-13-15)28-19-7-3-2-6-16(18)19/h2-7,10,12-14H,8-9,11H2,1H3,(H2,26,30)(H,29,31)/t14-/m1/s1. The largest absolute Gasteiger partial charge is 0.365 e. The Kier molecular flexibility index (Phi) is 5.19. The van der Waals surface area contributed by atoms with Crippen LogP contribution >= 0.6 is 11.3 Å². The molecule has 1 aliphatic rings. The number of carbonyl (C=O) groups is 2. The van der Waals surface area contributed by atoms with Crippen LogP contribution in [0.3, 0.4) is 0 Å². The fraction of sp³-hybridized carbons (Fsp3) is 0.200. The number of anilines is 1. The van der Waals surface area contributed by atoms with Crippen molar-refractivity contribution < 1.29 is 9.59 Å². The van der Waals surface area contributed by atoms with Gasteiger partial charge >= 0.3 is 0 Å². The number of para-hydroxylation sites is 1. The molecule has 6 nitrogen and oxygen atoms in total. The maximum absolute atomic E-state index is 13.5. The third kappa shape index (κ3) is 3.65. The van der Waals surface area contributed by atoms with Crippen LogP contribution in [0.25, 0.3) is 22.2 Å². The van der Waals surface area contributed by atoms with E-state index in [4.69, 9.17) is 10.7 Å². The van der Waals surface area contributed by atoms with Gasteiger partial charge in [0.15, 0.2) is 0 Å². The molecule has 7 heteroatoms. The third-order valence-electron chi connectivity index (χ3n) is 5.90. The van der Waals surface area contributed by atoms with E-state index in [9.17, 15) is 9.59 Å². The highest BCUT2D eigenvalue weighted by Gasteiger charge is 2.27. The van der Waals surface area contributed by atoms with E-state index < -0.39 is 5.91 Å². The average molecular weight is 443 g/mol. The van der Waals surface area contributed by atoms with Gasteiger partial charge in [0.05, 0.1) is 22.3 Å². The quantitative estimate of drug-likeness (QED) is 0.473. The monoisotopic (exact) mass is 442 g/mol. The minimum Gasteiger partial charge on any atom is -0.365 e. The summed E-state index contributed by atoms with van der Waals surface area (Å²) in [6, 6.07) is 13.0. The number of nitrogens with two attached hydrogens (primary N) is 1. The summed E-state index contributed by atoms with van der Waals surface area (Å²) in [6.07, 6.45) is 6.15. The molecule has 0 spiro atoms. The number of carbonyl (C=O) groups excluding carboxylic acids is 2. The van der Waals surface area contributed by atoms with Crippen LogP contribution in [0, 0.1) is 5.92 Å². The second-order valence-electron chi connectivity index (χ2n) is 8.19. The zero-order valence-corrected chi connectivity index (χ0v) is 18.4. The Morgan fingerprint density at radius 2 is 2.03 bits per heavy atom. The molecule has 0 radical (unpaired) electrons. The number of pyridine rings is 2. The van der Waals surface area contributed by atoms with Crippen LogP contribution in [-0.4, -0.2) is 21.8 Å². The summed E-state index contributed by atoms with van der Waals surface area (Å²) < 4.78 is 0. The van der Waals surface area contributed by atoms with Gasteiger partial charge in [-0.2, -0.15) is 0 Å². The molecule has 0 bridgehead atoms. The molecule has 5 rings (SSSR count). The van der Waals surface area contributed by atoms with Crippen molar-refractivity contribution in [3.8, 4) is 11.3 Å². The van der Waals surface area contributed by atoms with E-state index in [1.807, 2.05) is 36.4 Å². The Hall–Kier alpha value is -3.58. The Morgan fingerprint density at radius 3 is 2.81 bits per heavy atom. The predicted octanol–water partition coefficient (Wildman–Crippen LogP) is 4.83. The Balaban J connectivity index is 1.58. The van der Waals surface area contributed by atoms with Crippen LogP contribution in [0.5, 0.6) is 0 Å². The van der Waals surface area contributed by atoms with Crippen molar-refractivity contribution in [2.45, 2.75) is 26.2 Å². The molecule has 0 aliphatic heterocycles. The molecule has 1 aromatic carbocycles. The van der Waals surface area contributed by atoms with E-state index in [0.29, 0.717) is 33.3 Å². The van der Waals surface area contributed by atoms with Gasteiger partial charge in [0, 0.05) is 28.2 Å². The number of hydrogen-bond donors (Lipinski definition) is 2. The maximum Gasteiger partial charge on any atom is 0.257 e. The zero-order valence-electron chi connectivity index (χ0n) is 17.6. The normalized spacial score (nSPS) is 15.3. The molecule has 3 N–H and O–H groups in total. The molecule has 0 saturated heterocycles. The van der Waals surface area contributed by atoms with Gasteiger partial charge in [0.2, 0.25) is 0 Å². The summed E-state index contributed by atoms with van der Waals surface area (Å²) in [5, 5.41) is 4.26. The lowest BCUT2D eigenvalue weighted by Crippen LogP contribution is -2.19. The van der Waals surface area contributed by atoms with Crippen molar-refractivity contribution in [1.29, 1.82) is 0 Å². The first-order valence-corrected chi connectivity index (χ1v) is 11.4. The van der Waals surface area contributed by atoms with Crippen LogP contribution in [0.2, 0.25) is 0 Å². The van der Waals surface area contributed by atoms with Crippen molar-refractivity contribution in [3.05, 3.63) is 76.4 Å². The molecule has 0 fully saturated rings. The molecule has 2 amide bonds. The lowest BCUT2D eigenvalue weighted by Gasteiger charge is -2.18. The molecule has 3 aromatic heterocycles. The van der Waals surface area contributed by atoms with E-state index in [-0.39, 0.29) is 5.91 Å². The second-order valence-corrected chi connectivity index (χ2v) is 9.29. The summed E-state index contributed by atoms with van der Waals surface area (Å²) in [4.78, 5) is 35.8. The van der Waals surface area contributed by atoms with Crippen LogP contribution < -0.4 is 11.1 Å². The summed E-state index contributed by atoms with van der Waals surface area (Å²) in [5.74, 6) is -0.234. The minimum absolute atomic E-state index is 0.289. The maximum atomic E-state index is 13.5. The van der Waals surface area contributed by atoms with Crippen molar-refractivity contribution in [1.82, 2.24) is 9.97 Å². The first-order valence-electron chi connectivity index (χ1n) is 10.6. The van der Waals surface area contributed by atoms with Crippen molar-refractivity contribution in [2.75, 3.05) is 5.32 Å². The zero-order chi connectivity index (χ0) is 22.2. The number of thiophene rings is 1. The molecule has 4 aromatic rings. The van der Waals surface area contributed by atoms with Crippen molar-refractivity contribution in [2.24, 2.45) is 11.7 Å². The Morgan fingerprint density at radius 1 is 1.19 bits per heavy atom. The summed E-state index contributed by atoms with van der Waals surface area (Å²) in [7, 11) is 0. The molecule has 32 heavy (non-hydrogen) atoms. The number of nitrogens with one attached hydrogen (secondary N) is 1. The highest BCUT2D eigenvalue weighted by molar-refractivity contribution is 7.17. The van der Waals surface area contributed by atoms with E-state index in [0.717, 1.165) is 40.7 Å². The molecule has 3 heterocycles. The van der Waals surface area contributed by atoms with Crippen LogP contribution in [0.15, 0.2) is 54.9 Å². The Bertz CT molecular complexity index is 1350. The fourth-order valence-electron chi connectivity index (χ4n) is 4.30. The van der Waals surface area contributed by atoms with Gasteiger partial charge in [-0.3, -0.25) is 14.6 Å². The molecule has 0 unspecified atom stereocenters. The van der Waals surface area contributed by atoms with E-state index >= 15 is 0 Å². The van der Waals surface area contributed by atoms with Gasteiger partial charge in [0.1, 0.15) is 5.00 Å². The first kappa shape index (κ1) is 20.3. The minimum atomic E-state index is -0.497. The molecule has 0 saturated carbocycles. The second kappa shape index (κ2) is 8.16. The number of rotatable bonds is 4. The van der Waals surface area contributed by atoms with Crippen molar-refractivity contribution >= 4 is 39.1 Å². The number of aromatic nitrogens is 2. The number of amides is 2. The molecular formula is C25H22N4O2S. The van der Waals surface area contributed by atoms with Gasteiger partial charge in [-0.25, -0.2) is 4.98 Å². The smallest absolute Gasteiger partial charge is 0.257 e. The highest BCUT2D eigenvalue weighted by atomic mass is 32.1. The molecule has 160 valence electrons. The number of benzene rings is 1. The van der Waals surface area contributed by atoms with Crippen LogP contribution in [0.1, 0.15) is 44.5 Å². The number of nitrogens with zero attached hydrogens (tertiary/aromatic N) is 2. The molecular weight excluding hydrogens is 420 g/mol. The third-order valence-corrected chi connectivity index (χ3v) is 7.07. The van der Waals surface area contributed by atoms with Gasteiger partial charge in [-0.15, -0.1) is 11.3 Å². The summed E-state index contributed by atoms with van der Waals surface area (Å²) >= 11 is 1.46. The first-order chi connectivity index (χ1) is 15.5. The van der Waals surface area contributed by atoms with E-state index in [1.54, 1.807) is 18.5 Å². The molecule has 1 atom stereocenters. The fourth-order valence-corrected chi connectivity index (χ4v) is 5.71. The SMILES string of the molecule is C[C@@H]1CCc2c(sc(NC(=O)c3cc(-c4cccnc4)nc4ccccc34)c2C(N)=O)C1. The van der Waals surface area contributed by atoms with Gasteiger partial charge in [0.25, 0.3) is 11.8 Å². The Labute approximate surface area is 189 Å². The lowest BCUT2D eigenvalue weighted by atomic mass is 9.88. The van der Waals surface area contributed by atoms with Gasteiger partial charge < -0.3 is 11.1 Å². The van der Waals surface area contributed by atoms with Crippen LogP contribution in [-0.2, 0) is 12.8 Å². The summed E-state index contributed by atoms with van der Waals surface area (Å²) in [6.45, 7) is 2.20. The lowest BCUT2D eigenvalue weighted by molar-refractivity contribution is 0.1000. The number of fused-ring (bicyclic) bond motifs is 2. The van der Waals surface area contributed by atoms with Gasteiger partial charge in [-0.05, 0) is 55.0 Å². The predicted molar refractivity (Wildman–Crippen MR) is 127 cm³/mol. The topological polar surface area (TPSA) is 98.0 Å². The highest BCUT2D eigenvalue weighted by Crippen LogP contribution is 2.40. The average Bonchev–Trinajstić information content (AvgIpc) is 3.15. The number of hydrogen-bond acceptors (Lipinski definition) is 5. The van der Waals surface area contributed by atoms with Gasteiger partial charge in [-0.1, -0.05) is 25.1 Å². The van der Waals surface area contributed by atoms with E-state index in [1.165, 1.54) is 11.3 Å². The number of primary amides is 1. The van der Waals surface area contributed by atoms with Crippen molar-refractivity contribution in [3.63, 3.8) is 0 Å². The van der Waals surface area contributed by atoms with E-state index in [2.05, 4.69) is 17.2 Å². The summed E-state index contributed by atoms with van der Waals surface area (Å²) in [5.41, 5.74) is 9.86. The molecule has 1 aliphatic carbocycles.